The minimum atomic E-state index is -0.0408. The maximum atomic E-state index is 11.6. The molecule has 2 N–H and O–H groups in total. The van der Waals surface area contributed by atoms with Crippen LogP contribution in [0.2, 0.25) is 0 Å². The van der Waals surface area contributed by atoms with E-state index in [1.807, 2.05) is 0 Å². The number of aromatic nitrogens is 4. The summed E-state index contributed by atoms with van der Waals surface area (Å²) in [5.74, 6) is 0.274. The van der Waals surface area contributed by atoms with Crippen molar-refractivity contribution in [1.29, 1.82) is 0 Å². The first-order chi connectivity index (χ1) is 8.79. The van der Waals surface area contributed by atoms with E-state index in [9.17, 15) is 4.79 Å². The zero-order chi connectivity index (χ0) is 12.8. The van der Waals surface area contributed by atoms with Gasteiger partial charge in [-0.2, -0.15) is 4.98 Å². The molecule has 2 aromatic rings. The van der Waals surface area contributed by atoms with Gasteiger partial charge in [-0.05, 0) is 6.42 Å². The van der Waals surface area contributed by atoms with Gasteiger partial charge in [0, 0.05) is 6.42 Å². The van der Waals surface area contributed by atoms with Crippen LogP contribution in [0, 0.1) is 0 Å². The average Bonchev–Trinajstić information content (AvgIpc) is 2.82. The molecule has 0 aliphatic carbocycles. The molecule has 0 saturated carbocycles. The van der Waals surface area contributed by atoms with Crippen LogP contribution < -0.4 is 5.32 Å². The molecule has 0 spiro atoms. The zero-order valence-electron chi connectivity index (χ0n) is 10.4. The van der Waals surface area contributed by atoms with E-state index in [1.165, 1.54) is 12.8 Å². The summed E-state index contributed by atoms with van der Waals surface area (Å²) in [5, 5.41) is 2.69. The lowest BCUT2D eigenvalue weighted by atomic mass is 10.1. The number of carbonyl (C=O) groups is 1. The Morgan fingerprint density at radius 2 is 2.22 bits per heavy atom. The van der Waals surface area contributed by atoms with Gasteiger partial charge in [0.05, 0.1) is 12.5 Å². The van der Waals surface area contributed by atoms with Gasteiger partial charge in [0.15, 0.2) is 5.65 Å². The second-order valence-corrected chi connectivity index (χ2v) is 4.19. The zero-order valence-corrected chi connectivity index (χ0v) is 10.4. The molecule has 0 bridgehead atoms. The molecule has 0 atom stereocenters. The lowest BCUT2D eigenvalue weighted by Crippen LogP contribution is -2.13. The van der Waals surface area contributed by atoms with Crippen LogP contribution >= 0.6 is 0 Å². The molecule has 6 heteroatoms. The van der Waals surface area contributed by atoms with Crippen LogP contribution in [-0.2, 0) is 4.79 Å². The Morgan fingerprint density at radius 3 is 3.06 bits per heavy atom. The fraction of sp³-hybridized carbons (Fsp3) is 0.500. The standard InChI is InChI=1S/C12H17N5O/c1-2-3-4-5-6-10(18)16-12-13-7-9-11(17-12)15-8-14-9/h7-8H,2-6H2,1H3,(H2,13,14,15,16,17,18). The molecular formula is C12H17N5O. The Bertz CT molecular complexity index is 522. The quantitative estimate of drug-likeness (QED) is 0.767. The molecule has 0 aromatic carbocycles. The van der Waals surface area contributed by atoms with Crippen LogP contribution in [0.1, 0.15) is 39.0 Å². The molecule has 0 aliphatic rings. The molecule has 2 aromatic heterocycles. The van der Waals surface area contributed by atoms with E-state index in [-0.39, 0.29) is 5.91 Å². The molecule has 6 nitrogen and oxygen atoms in total. The average molecular weight is 247 g/mol. The van der Waals surface area contributed by atoms with Gasteiger partial charge < -0.3 is 4.98 Å². The third-order valence-corrected chi connectivity index (χ3v) is 2.68. The largest absolute Gasteiger partial charge is 0.342 e. The van der Waals surface area contributed by atoms with Gasteiger partial charge in [-0.15, -0.1) is 0 Å². The molecule has 18 heavy (non-hydrogen) atoms. The first-order valence-corrected chi connectivity index (χ1v) is 6.25. The Hall–Kier alpha value is -1.98. The Kier molecular flexibility index (Phi) is 4.22. The normalized spacial score (nSPS) is 10.7. The highest BCUT2D eigenvalue weighted by atomic mass is 16.1. The number of nitrogens with zero attached hydrogens (tertiary/aromatic N) is 3. The third-order valence-electron chi connectivity index (χ3n) is 2.68. The number of hydrogen-bond acceptors (Lipinski definition) is 4. The minimum absolute atomic E-state index is 0.0408. The number of anilines is 1. The fourth-order valence-corrected chi connectivity index (χ4v) is 1.70. The summed E-state index contributed by atoms with van der Waals surface area (Å²) in [6, 6.07) is 0. The molecule has 0 radical (unpaired) electrons. The second-order valence-electron chi connectivity index (χ2n) is 4.19. The summed E-state index contributed by atoms with van der Waals surface area (Å²) in [7, 11) is 0. The van der Waals surface area contributed by atoms with Crippen molar-refractivity contribution in [3.63, 3.8) is 0 Å². The van der Waals surface area contributed by atoms with Crippen LogP contribution in [0.5, 0.6) is 0 Å². The third kappa shape index (κ3) is 3.26. The number of hydrogen-bond donors (Lipinski definition) is 2. The topological polar surface area (TPSA) is 83.6 Å². The summed E-state index contributed by atoms with van der Waals surface area (Å²) in [5.41, 5.74) is 1.32. The van der Waals surface area contributed by atoms with Gasteiger partial charge in [0.2, 0.25) is 11.9 Å². The maximum Gasteiger partial charge on any atom is 0.231 e. The summed E-state index contributed by atoms with van der Waals surface area (Å²) in [4.78, 5) is 26.7. The second kappa shape index (κ2) is 6.09. The number of nitrogens with one attached hydrogen (secondary N) is 2. The summed E-state index contributed by atoms with van der Waals surface area (Å²) < 4.78 is 0. The van der Waals surface area contributed by atoms with E-state index >= 15 is 0 Å². The molecule has 2 rings (SSSR count). The Labute approximate surface area is 105 Å². The lowest BCUT2D eigenvalue weighted by Gasteiger charge is -2.02. The van der Waals surface area contributed by atoms with Crippen molar-refractivity contribution in [1.82, 2.24) is 19.9 Å². The Morgan fingerprint density at radius 1 is 1.33 bits per heavy atom. The van der Waals surface area contributed by atoms with Crippen molar-refractivity contribution in [3.8, 4) is 0 Å². The molecule has 0 aliphatic heterocycles. The number of rotatable bonds is 6. The van der Waals surface area contributed by atoms with Gasteiger partial charge in [-0.3, -0.25) is 10.1 Å². The van der Waals surface area contributed by atoms with Crippen LogP contribution in [0.3, 0.4) is 0 Å². The highest BCUT2D eigenvalue weighted by Crippen LogP contribution is 2.08. The van der Waals surface area contributed by atoms with Crippen LogP contribution in [0.25, 0.3) is 11.2 Å². The summed E-state index contributed by atoms with van der Waals surface area (Å²) >= 11 is 0. The van der Waals surface area contributed by atoms with Crippen LogP contribution in [0.4, 0.5) is 5.95 Å². The van der Waals surface area contributed by atoms with Crippen molar-refractivity contribution in [3.05, 3.63) is 12.5 Å². The summed E-state index contributed by atoms with van der Waals surface area (Å²) in [6.45, 7) is 2.15. The van der Waals surface area contributed by atoms with Crippen LogP contribution in [-0.4, -0.2) is 25.8 Å². The van der Waals surface area contributed by atoms with Gasteiger partial charge >= 0.3 is 0 Å². The van der Waals surface area contributed by atoms with Gasteiger partial charge in [-0.1, -0.05) is 26.2 Å². The number of H-pyrrole nitrogens is 1. The molecule has 0 saturated heterocycles. The molecule has 0 unspecified atom stereocenters. The minimum Gasteiger partial charge on any atom is -0.342 e. The van der Waals surface area contributed by atoms with Gasteiger partial charge in [0.1, 0.15) is 5.52 Å². The highest BCUT2D eigenvalue weighted by molar-refractivity contribution is 5.89. The van der Waals surface area contributed by atoms with E-state index in [1.54, 1.807) is 12.5 Å². The SMILES string of the molecule is CCCCCCC(=O)Nc1ncc2[nH]cnc2n1. The van der Waals surface area contributed by atoms with E-state index in [2.05, 4.69) is 32.2 Å². The Balaban J connectivity index is 1.86. The van der Waals surface area contributed by atoms with Crippen molar-refractivity contribution in [2.75, 3.05) is 5.32 Å². The molecule has 2 heterocycles. The van der Waals surface area contributed by atoms with Crippen molar-refractivity contribution >= 4 is 23.0 Å². The van der Waals surface area contributed by atoms with Crippen molar-refractivity contribution < 1.29 is 4.79 Å². The number of amides is 1. The van der Waals surface area contributed by atoms with Crippen molar-refractivity contribution in [2.24, 2.45) is 0 Å². The van der Waals surface area contributed by atoms with Gasteiger partial charge in [-0.25, -0.2) is 9.97 Å². The molecule has 0 fully saturated rings. The van der Waals surface area contributed by atoms with E-state index in [0.29, 0.717) is 18.0 Å². The fourth-order valence-electron chi connectivity index (χ4n) is 1.70. The van der Waals surface area contributed by atoms with Crippen molar-refractivity contribution in [2.45, 2.75) is 39.0 Å². The van der Waals surface area contributed by atoms with E-state index < -0.39 is 0 Å². The summed E-state index contributed by atoms with van der Waals surface area (Å²) in [6.07, 6.45) is 8.01. The predicted octanol–water partition coefficient (Wildman–Crippen LogP) is 2.26. The van der Waals surface area contributed by atoms with E-state index in [0.717, 1.165) is 18.4 Å². The lowest BCUT2D eigenvalue weighted by molar-refractivity contribution is -0.116. The van der Waals surface area contributed by atoms with E-state index in [4.69, 9.17) is 0 Å². The number of imidazole rings is 1. The number of unbranched alkanes of at least 4 members (excludes halogenated alkanes) is 3. The predicted molar refractivity (Wildman–Crippen MR) is 69.1 cm³/mol. The maximum absolute atomic E-state index is 11.6. The van der Waals surface area contributed by atoms with Crippen LogP contribution in [0.15, 0.2) is 12.5 Å². The highest BCUT2D eigenvalue weighted by Gasteiger charge is 2.06. The smallest absolute Gasteiger partial charge is 0.231 e. The molecule has 96 valence electrons. The van der Waals surface area contributed by atoms with Gasteiger partial charge in [0.25, 0.3) is 0 Å². The monoisotopic (exact) mass is 247 g/mol. The number of aromatic amines is 1. The first kappa shape index (κ1) is 12.5. The number of carbonyl (C=O) groups excluding carboxylic acids is 1. The molecule has 1 amide bonds. The number of fused-ring (bicyclic) bond motifs is 1. The first-order valence-electron chi connectivity index (χ1n) is 6.25. The molecular weight excluding hydrogens is 230 g/mol.